The molecule has 0 bridgehead atoms. The van der Waals surface area contributed by atoms with Crippen LogP contribution >= 0.6 is 11.6 Å². The van der Waals surface area contributed by atoms with Crippen molar-refractivity contribution in [1.29, 1.82) is 0 Å². The molecule has 0 aromatic carbocycles. The van der Waals surface area contributed by atoms with E-state index in [1.807, 2.05) is 11.8 Å². The second kappa shape index (κ2) is 6.50. The third kappa shape index (κ3) is 3.31. The Balaban J connectivity index is 1.52. The quantitative estimate of drug-likeness (QED) is 0.924. The highest BCUT2D eigenvalue weighted by atomic mass is 35.5. The number of carbonyl (C=O) groups excluding carboxylic acids is 1. The van der Waals surface area contributed by atoms with Crippen molar-refractivity contribution in [2.24, 2.45) is 0 Å². The number of hydrogen-bond donors (Lipinski definition) is 1. The molecule has 8 heteroatoms. The lowest BCUT2D eigenvalue weighted by Gasteiger charge is -2.33. The number of nitrogens with zero attached hydrogens (tertiary/aromatic N) is 4. The normalized spacial score (nSPS) is 16.2. The lowest BCUT2D eigenvalue weighted by Crippen LogP contribution is -2.48. The molecule has 1 fully saturated rings. The minimum absolute atomic E-state index is 0.0161. The molecule has 3 rings (SSSR count). The summed E-state index contributed by atoms with van der Waals surface area (Å²) in [4.78, 5) is 19.2. The van der Waals surface area contributed by atoms with Gasteiger partial charge in [-0.05, 0) is 6.07 Å². The molecule has 0 unspecified atom stereocenters. The molecule has 22 heavy (non-hydrogen) atoms. The Labute approximate surface area is 133 Å². The van der Waals surface area contributed by atoms with Crippen molar-refractivity contribution in [3.05, 3.63) is 34.8 Å². The van der Waals surface area contributed by atoms with Crippen LogP contribution < -0.4 is 0 Å². The van der Waals surface area contributed by atoms with Crippen LogP contribution in [0.15, 0.2) is 16.7 Å². The maximum atomic E-state index is 12.3. The Hall–Kier alpha value is -1.86. The molecule has 3 heterocycles. The van der Waals surface area contributed by atoms with Gasteiger partial charge in [-0.25, -0.2) is 0 Å². The fourth-order valence-corrected chi connectivity index (χ4v) is 2.62. The zero-order valence-corrected chi connectivity index (χ0v) is 13.1. The van der Waals surface area contributed by atoms with Gasteiger partial charge in [-0.1, -0.05) is 18.5 Å². The van der Waals surface area contributed by atoms with Crippen molar-refractivity contribution in [1.82, 2.24) is 25.0 Å². The van der Waals surface area contributed by atoms with Crippen molar-refractivity contribution < 1.29 is 9.21 Å². The highest BCUT2D eigenvalue weighted by Crippen LogP contribution is 2.14. The van der Waals surface area contributed by atoms with Gasteiger partial charge in [0.1, 0.15) is 5.69 Å². The van der Waals surface area contributed by atoms with Crippen LogP contribution in [-0.4, -0.2) is 57.1 Å². The monoisotopic (exact) mass is 323 g/mol. The Kier molecular flexibility index (Phi) is 4.44. The summed E-state index contributed by atoms with van der Waals surface area (Å²) in [6, 6.07) is 1.65. The number of rotatable bonds is 4. The molecule has 2 aromatic rings. The Morgan fingerprint density at radius 3 is 2.64 bits per heavy atom. The molecule has 1 aliphatic rings. The van der Waals surface area contributed by atoms with Crippen molar-refractivity contribution in [2.75, 3.05) is 26.2 Å². The summed E-state index contributed by atoms with van der Waals surface area (Å²) in [6.07, 6.45) is 2.36. The first-order chi connectivity index (χ1) is 10.7. The highest BCUT2D eigenvalue weighted by molar-refractivity contribution is 6.30. The van der Waals surface area contributed by atoms with Crippen LogP contribution in [0.25, 0.3) is 0 Å². The second-order valence-electron chi connectivity index (χ2n) is 5.24. The van der Waals surface area contributed by atoms with Crippen molar-refractivity contribution in [2.45, 2.75) is 19.9 Å². The summed E-state index contributed by atoms with van der Waals surface area (Å²) in [6.45, 7) is 5.51. The zero-order chi connectivity index (χ0) is 15.5. The van der Waals surface area contributed by atoms with E-state index in [-0.39, 0.29) is 5.91 Å². The van der Waals surface area contributed by atoms with E-state index >= 15 is 0 Å². The summed E-state index contributed by atoms with van der Waals surface area (Å²) in [5, 5.41) is 8.53. The van der Waals surface area contributed by atoms with Crippen molar-refractivity contribution in [3.63, 3.8) is 0 Å². The van der Waals surface area contributed by atoms with E-state index in [0.717, 1.165) is 19.5 Å². The second-order valence-corrected chi connectivity index (χ2v) is 5.68. The number of amides is 1. The molecule has 0 atom stereocenters. The van der Waals surface area contributed by atoms with Gasteiger partial charge in [0.15, 0.2) is 0 Å². The lowest BCUT2D eigenvalue weighted by molar-refractivity contribution is 0.0612. The molecule has 118 valence electrons. The van der Waals surface area contributed by atoms with Crippen LogP contribution in [0.4, 0.5) is 0 Å². The van der Waals surface area contributed by atoms with E-state index < -0.39 is 0 Å². The number of piperazine rings is 1. The summed E-state index contributed by atoms with van der Waals surface area (Å²) in [5.74, 6) is 1.28. The lowest BCUT2D eigenvalue weighted by atomic mass is 10.2. The number of aromatic amines is 1. The molecule has 2 aromatic heterocycles. The number of halogens is 1. The smallest absolute Gasteiger partial charge is 0.270 e. The number of H-pyrrole nitrogens is 1. The van der Waals surface area contributed by atoms with E-state index in [0.29, 0.717) is 42.1 Å². The first-order valence-electron chi connectivity index (χ1n) is 7.32. The maximum absolute atomic E-state index is 12.3. The minimum atomic E-state index is -0.0161. The molecule has 1 amide bonds. The average Bonchev–Trinajstić information content (AvgIpc) is 3.16. The van der Waals surface area contributed by atoms with Gasteiger partial charge in [0.25, 0.3) is 5.91 Å². The molecule has 7 nitrogen and oxygen atoms in total. The first kappa shape index (κ1) is 15.1. The number of aromatic nitrogens is 3. The number of carbonyl (C=O) groups is 1. The van der Waals surface area contributed by atoms with Crippen LogP contribution in [0.3, 0.4) is 0 Å². The first-order valence-corrected chi connectivity index (χ1v) is 7.70. The van der Waals surface area contributed by atoms with Crippen LogP contribution in [0.2, 0.25) is 5.02 Å². The van der Waals surface area contributed by atoms with Gasteiger partial charge >= 0.3 is 0 Å². The van der Waals surface area contributed by atoms with Gasteiger partial charge in [-0.15, -0.1) is 10.2 Å². The highest BCUT2D eigenvalue weighted by Gasteiger charge is 2.24. The molecule has 0 spiro atoms. The van der Waals surface area contributed by atoms with Gasteiger partial charge in [0.05, 0.1) is 11.6 Å². The molecule has 0 radical (unpaired) electrons. The number of aryl methyl sites for hydroxylation is 1. The summed E-state index contributed by atoms with van der Waals surface area (Å²) in [7, 11) is 0. The van der Waals surface area contributed by atoms with Crippen LogP contribution in [0.1, 0.15) is 29.2 Å². The van der Waals surface area contributed by atoms with E-state index in [1.54, 1.807) is 12.3 Å². The standard InChI is InChI=1S/C14H18ClN5O2/c1-2-12-17-18-13(22-12)9-19-3-5-20(6-4-19)14(21)11-7-10(15)8-16-11/h7-8,16H,2-6,9H2,1H3. The molecule has 1 N–H and O–H groups in total. The Morgan fingerprint density at radius 2 is 2.05 bits per heavy atom. The SMILES string of the molecule is CCc1nnc(CN2CCN(C(=O)c3cc(Cl)c[nH]3)CC2)o1. The average molecular weight is 324 g/mol. The summed E-state index contributed by atoms with van der Waals surface area (Å²) < 4.78 is 5.52. The Bertz CT molecular complexity index is 645. The third-order valence-corrected chi connectivity index (χ3v) is 3.93. The maximum Gasteiger partial charge on any atom is 0.270 e. The fourth-order valence-electron chi connectivity index (χ4n) is 2.46. The third-order valence-electron chi connectivity index (χ3n) is 3.71. The summed E-state index contributed by atoms with van der Waals surface area (Å²) >= 11 is 5.84. The minimum Gasteiger partial charge on any atom is -0.424 e. The van der Waals surface area contributed by atoms with Gasteiger partial charge in [-0.2, -0.15) is 0 Å². The molecule has 0 aliphatic carbocycles. The number of hydrogen-bond acceptors (Lipinski definition) is 5. The van der Waals surface area contributed by atoms with Crippen LogP contribution in [0.5, 0.6) is 0 Å². The summed E-state index contributed by atoms with van der Waals surface area (Å²) in [5.41, 5.74) is 0.530. The van der Waals surface area contributed by atoms with Gasteiger partial charge in [0, 0.05) is 38.8 Å². The van der Waals surface area contributed by atoms with Gasteiger partial charge in [-0.3, -0.25) is 9.69 Å². The predicted octanol–water partition coefficient (Wildman–Crippen LogP) is 1.57. The number of nitrogens with one attached hydrogen (secondary N) is 1. The zero-order valence-electron chi connectivity index (χ0n) is 12.4. The van der Waals surface area contributed by atoms with Crippen molar-refractivity contribution in [3.8, 4) is 0 Å². The van der Waals surface area contributed by atoms with E-state index in [9.17, 15) is 4.79 Å². The molecule has 1 saturated heterocycles. The Morgan fingerprint density at radius 1 is 1.32 bits per heavy atom. The largest absolute Gasteiger partial charge is 0.424 e. The predicted molar refractivity (Wildman–Crippen MR) is 80.7 cm³/mol. The molecule has 0 saturated carbocycles. The van der Waals surface area contributed by atoms with Gasteiger partial charge < -0.3 is 14.3 Å². The van der Waals surface area contributed by atoms with E-state index in [2.05, 4.69) is 20.1 Å². The van der Waals surface area contributed by atoms with Crippen LogP contribution in [0, 0.1) is 0 Å². The van der Waals surface area contributed by atoms with E-state index in [4.69, 9.17) is 16.0 Å². The van der Waals surface area contributed by atoms with Gasteiger partial charge in [0.2, 0.25) is 11.8 Å². The molecular formula is C14H18ClN5O2. The van der Waals surface area contributed by atoms with Crippen molar-refractivity contribution >= 4 is 17.5 Å². The fraction of sp³-hybridized carbons (Fsp3) is 0.500. The molecule has 1 aliphatic heterocycles. The van der Waals surface area contributed by atoms with E-state index in [1.165, 1.54) is 0 Å². The molecular weight excluding hydrogens is 306 g/mol. The van der Waals surface area contributed by atoms with Crippen LogP contribution in [-0.2, 0) is 13.0 Å². The topological polar surface area (TPSA) is 78.3 Å².